The van der Waals surface area contributed by atoms with Crippen molar-refractivity contribution in [1.29, 1.82) is 5.26 Å². The number of aromatic nitrogens is 3. The Bertz CT molecular complexity index is 1060. The van der Waals surface area contributed by atoms with Gasteiger partial charge in [-0.3, -0.25) is 4.98 Å². The molecule has 2 aliphatic rings. The number of ether oxygens (including phenoxy) is 1. The standard InChI is InChI=1S/C21H21FN4O/c1-12-6-16(4-5-27-12)26-20-17-7-13(10-23)2-3-18(17)24-11-19(20)25-21(26)14-8-15(22)9-14/h2-3,7,11-12,14-16H,4-6,8-9H2,1H3/t12-,14-,15+,16-/m1/s1. The van der Waals surface area contributed by atoms with E-state index in [9.17, 15) is 9.65 Å². The van der Waals surface area contributed by atoms with Gasteiger partial charge < -0.3 is 9.30 Å². The Labute approximate surface area is 156 Å². The smallest absolute Gasteiger partial charge is 0.113 e. The van der Waals surface area contributed by atoms with Crippen LogP contribution in [0.3, 0.4) is 0 Å². The van der Waals surface area contributed by atoms with Crippen molar-refractivity contribution in [3.05, 3.63) is 35.8 Å². The fourth-order valence-corrected chi connectivity index (χ4v) is 4.49. The molecule has 1 saturated carbocycles. The molecule has 0 N–H and O–H groups in total. The third-order valence-corrected chi connectivity index (χ3v) is 5.94. The van der Waals surface area contributed by atoms with Gasteiger partial charge in [-0.25, -0.2) is 9.37 Å². The summed E-state index contributed by atoms with van der Waals surface area (Å²) in [7, 11) is 0. The molecule has 0 bridgehead atoms. The van der Waals surface area contributed by atoms with Crippen molar-refractivity contribution in [3.63, 3.8) is 0 Å². The Morgan fingerprint density at radius 3 is 2.85 bits per heavy atom. The van der Waals surface area contributed by atoms with E-state index in [1.54, 1.807) is 12.3 Å². The van der Waals surface area contributed by atoms with Crippen LogP contribution in [0.1, 0.15) is 56.0 Å². The zero-order chi connectivity index (χ0) is 18.5. The second kappa shape index (κ2) is 6.28. The summed E-state index contributed by atoms with van der Waals surface area (Å²) >= 11 is 0. The highest BCUT2D eigenvalue weighted by Gasteiger charge is 2.36. The molecule has 2 fully saturated rings. The van der Waals surface area contributed by atoms with E-state index in [1.165, 1.54) is 0 Å². The van der Waals surface area contributed by atoms with E-state index in [4.69, 9.17) is 9.72 Å². The molecule has 3 aromatic rings. The Balaban J connectivity index is 1.77. The van der Waals surface area contributed by atoms with Gasteiger partial charge in [0.05, 0.1) is 35.0 Å². The second-order valence-corrected chi connectivity index (χ2v) is 7.80. The van der Waals surface area contributed by atoms with Gasteiger partial charge in [-0.1, -0.05) is 0 Å². The van der Waals surface area contributed by atoms with E-state index in [0.717, 1.165) is 40.6 Å². The lowest BCUT2D eigenvalue weighted by atomic mass is 9.82. The molecule has 0 amide bonds. The lowest BCUT2D eigenvalue weighted by Gasteiger charge is -2.34. The lowest BCUT2D eigenvalue weighted by molar-refractivity contribution is 0.00547. The Hall–Kier alpha value is -2.52. The Kier molecular flexibility index (Phi) is 3.87. The van der Waals surface area contributed by atoms with Gasteiger partial charge in [0.2, 0.25) is 0 Å². The monoisotopic (exact) mass is 364 g/mol. The molecule has 1 aliphatic heterocycles. The van der Waals surface area contributed by atoms with Crippen LogP contribution in [-0.2, 0) is 4.74 Å². The molecule has 0 radical (unpaired) electrons. The maximum absolute atomic E-state index is 13.6. The fourth-order valence-electron chi connectivity index (χ4n) is 4.49. The highest BCUT2D eigenvalue weighted by molar-refractivity contribution is 6.03. The van der Waals surface area contributed by atoms with Crippen molar-refractivity contribution in [1.82, 2.24) is 14.5 Å². The molecular formula is C21H21FN4O. The summed E-state index contributed by atoms with van der Waals surface area (Å²) in [5.74, 6) is 1.12. The van der Waals surface area contributed by atoms with Crippen molar-refractivity contribution in [3.8, 4) is 6.07 Å². The highest BCUT2D eigenvalue weighted by Crippen LogP contribution is 2.43. The average Bonchev–Trinajstić information content (AvgIpc) is 3.04. The Morgan fingerprint density at radius 2 is 2.11 bits per heavy atom. The fraction of sp³-hybridized carbons (Fsp3) is 0.476. The van der Waals surface area contributed by atoms with Crippen LogP contribution in [0.2, 0.25) is 0 Å². The summed E-state index contributed by atoms with van der Waals surface area (Å²) in [6.07, 6.45) is 4.16. The molecule has 27 heavy (non-hydrogen) atoms. The molecule has 0 unspecified atom stereocenters. The van der Waals surface area contributed by atoms with Crippen LogP contribution in [0, 0.1) is 11.3 Å². The zero-order valence-corrected chi connectivity index (χ0v) is 15.2. The van der Waals surface area contributed by atoms with Gasteiger partial charge in [0, 0.05) is 24.0 Å². The van der Waals surface area contributed by atoms with Crippen molar-refractivity contribution < 1.29 is 9.13 Å². The van der Waals surface area contributed by atoms with E-state index < -0.39 is 6.17 Å². The van der Waals surface area contributed by atoms with Crippen molar-refractivity contribution in [2.75, 3.05) is 6.61 Å². The first-order valence-electron chi connectivity index (χ1n) is 9.60. The minimum atomic E-state index is -0.725. The molecule has 0 spiro atoms. The first-order chi connectivity index (χ1) is 13.1. The molecule has 5 nitrogen and oxygen atoms in total. The molecule has 1 aliphatic carbocycles. The van der Waals surface area contributed by atoms with Crippen LogP contribution in [0.15, 0.2) is 24.4 Å². The summed E-state index contributed by atoms with van der Waals surface area (Å²) in [4.78, 5) is 9.42. The number of nitriles is 1. The van der Waals surface area contributed by atoms with E-state index >= 15 is 0 Å². The van der Waals surface area contributed by atoms with Gasteiger partial charge in [-0.15, -0.1) is 0 Å². The number of halogens is 1. The highest BCUT2D eigenvalue weighted by atomic mass is 19.1. The summed E-state index contributed by atoms with van der Waals surface area (Å²) in [5.41, 5.74) is 3.31. The minimum Gasteiger partial charge on any atom is -0.378 e. The predicted octanol–water partition coefficient (Wildman–Crippen LogP) is 4.41. The molecule has 6 heteroatoms. The molecular weight excluding hydrogens is 343 g/mol. The Morgan fingerprint density at radius 1 is 1.26 bits per heavy atom. The van der Waals surface area contributed by atoms with Crippen LogP contribution in [0.5, 0.6) is 0 Å². The van der Waals surface area contributed by atoms with Crippen LogP contribution in [0.25, 0.3) is 21.9 Å². The molecule has 5 rings (SSSR count). The molecule has 1 aromatic carbocycles. The number of alkyl halides is 1. The van der Waals surface area contributed by atoms with Crippen LogP contribution >= 0.6 is 0 Å². The third kappa shape index (κ3) is 2.69. The molecule has 1 saturated heterocycles. The van der Waals surface area contributed by atoms with Crippen molar-refractivity contribution in [2.24, 2.45) is 0 Å². The number of pyridine rings is 1. The van der Waals surface area contributed by atoms with E-state index in [2.05, 4.69) is 22.5 Å². The number of imidazole rings is 1. The molecule has 2 atom stereocenters. The number of benzene rings is 1. The SMILES string of the molecule is C[C@@H]1C[C@H](n2c3c(cnc4ccc(C#N)cc43)nc2[C@H]2C[C@@H](F)C2)CCO1. The number of hydrogen-bond acceptors (Lipinski definition) is 4. The van der Waals surface area contributed by atoms with Crippen molar-refractivity contribution >= 4 is 21.9 Å². The number of nitrogens with zero attached hydrogens (tertiary/aromatic N) is 4. The first-order valence-corrected chi connectivity index (χ1v) is 9.60. The van der Waals surface area contributed by atoms with Gasteiger partial charge in [0.15, 0.2) is 0 Å². The maximum Gasteiger partial charge on any atom is 0.113 e. The number of hydrogen-bond donors (Lipinski definition) is 0. The summed E-state index contributed by atoms with van der Waals surface area (Å²) in [6, 6.07) is 8.06. The average molecular weight is 364 g/mol. The molecule has 138 valence electrons. The van der Waals surface area contributed by atoms with Gasteiger partial charge in [-0.2, -0.15) is 5.26 Å². The van der Waals surface area contributed by atoms with Gasteiger partial charge in [-0.05, 0) is 50.8 Å². The van der Waals surface area contributed by atoms with Gasteiger partial charge >= 0.3 is 0 Å². The van der Waals surface area contributed by atoms with Crippen LogP contribution < -0.4 is 0 Å². The van der Waals surface area contributed by atoms with E-state index in [-0.39, 0.29) is 18.1 Å². The summed E-state index contributed by atoms with van der Waals surface area (Å²) < 4.78 is 21.7. The zero-order valence-electron chi connectivity index (χ0n) is 15.2. The van der Waals surface area contributed by atoms with Gasteiger partial charge in [0.1, 0.15) is 17.5 Å². The first kappa shape index (κ1) is 16.6. The predicted molar refractivity (Wildman–Crippen MR) is 100 cm³/mol. The third-order valence-electron chi connectivity index (χ3n) is 5.94. The quantitative estimate of drug-likeness (QED) is 0.676. The largest absolute Gasteiger partial charge is 0.378 e. The normalized spacial score (nSPS) is 28.2. The topological polar surface area (TPSA) is 63.7 Å². The van der Waals surface area contributed by atoms with E-state index in [1.807, 2.05) is 12.1 Å². The molecule has 2 aromatic heterocycles. The maximum atomic E-state index is 13.6. The number of rotatable bonds is 2. The van der Waals surface area contributed by atoms with Gasteiger partial charge in [0.25, 0.3) is 0 Å². The van der Waals surface area contributed by atoms with Crippen LogP contribution in [-0.4, -0.2) is 33.4 Å². The van der Waals surface area contributed by atoms with Crippen molar-refractivity contribution in [2.45, 2.75) is 56.8 Å². The minimum absolute atomic E-state index is 0.153. The van der Waals surface area contributed by atoms with E-state index in [0.29, 0.717) is 25.0 Å². The molecule has 3 heterocycles. The lowest BCUT2D eigenvalue weighted by Crippen LogP contribution is -2.30. The number of fused-ring (bicyclic) bond motifs is 3. The van der Waals surface area contributed by atoms with Crippen LogP contribution in [0.4, 0.5) is 4.39 Å². The summed E-state index contributed by atoms with van der Waals surface area (Å²) in [5, 5.41) is 10.3. The summed E-state index contributed by atoms with van der Waals surface area (Å²) in [6.45, 7) is 2.81. The second-order valence-electron chi connectivity index (χ2n) is 7.80.